The highest BCUT2D eigenvalue weighted by Gasteiger charge is 2.35. The van der Waals surface area contributed by atoms with Crippen LogP contribution in [0.1, 0.15) is 21.7 Å². The van der Waals surface area contributed by atoms with Crippen molar-refractivity contribution in [3.63, 3.8) is 0 Å². The molecule has 0 aliphatic carbocycles. The first-order chi connectivity index (χ1) is 21.1. The van der Waals surface area contributed by atoms with Gasteiger partial charge in [-0.05, 0) is 57.3 Å². The molecule has 21 heteroatoms. The number of ether oxygens (including phenoxy) is 2. The van der Waals surface area contributed by atoms with E-state index < -0.39 is 29.7 Å². The Hall–Kier alpha value is -4.36. The fraction of sp³-hybridized carbons (Fsp3) is 0.167. The van der Waals surface area contributed by atoms with Gasteiger partial charge in [-0.25, -0.2) is 29.1 Å². The summed E-state index contributed by atoms with van der Waals surface area (Å²) < 4.78 is 87.7. The minimum atomic E-state index is -4.62. The second-order valence-corrected chi connectivity index (χ2v) is 9.78. The summed E-state index contributed by atoms with van der Waals surface area (Å²) in [5.74, 6) is -0.578. The molecule has 0 radical (unpaired) electrons. The third-order valence-corrected chi connectivity index (χ3v) is 6.31. The van der Waals surface area contributed by atoms with Gasteiger partial charge in [-0.1, -0.05) is 0 Å². The van der Waals surface area contributed by atoms with Gasteiger partial charge in [-0.15, -0.1) is 0 Å². The van der Waals surface area contributed by atoms with Crippen molar-refractivity contribution in [3.05, 3.63) is 81.2 Å². The van der Waals surface area contributed by atoms with Gasteiger partial charge in [0.05, 0.1) is 18.7 Å². The Morgan fingerprint density at radius 1 is 0.822 bits per heavy atom. The normalized spacial score (nSPS) is 11.5. The van der Waals surface area contributed by atoms with Crippen molar-refractivity contribution >= 4 is 45.1 Å². The van der Waals surface area contributed by atoms with E-state index in [-0.39, 0.29) is 39.2 Å². The molecule has 0 bridgehead atoms. The fourth-order valence-electron chi connectivity index (χ4n) is 3.43. The maximum absolute atomic E-state index is 12.9. The lowest BCUT2D eigenvalue weighted by Crippen LogP contribution is -2.09. The number of alkyl halides is 6. The van der Waals surface area contributed by atoms with Crippen LogP contribution in [-0.4, -0.2) is 64.7 Å². The Kier molecular flexibility index (Phi) is 9.93. The lowest BCUT2D eigenvalue weighted by atomic mass is 10.1. The molecule has 0 unspecified atom stereocenters. The van der Waals surface area contributed by atoms with E-state index in [1.165, 1.54) is 38.9 Å². The summed E-state index contributed by atoms with van der Waals surface area (Å²) in [7, 11) is 2.52. The van der Waals surface area contributed by atoms with Crippen molar-refractivity contribution in [1.82, 2.24) is 44.5 Å². The number of rotatable bonds is 5. The minimum absolute atomic E-state index is 0.0137. The third kappa shape index (κ3) is 7.84. The second-order valence-electron chi connectivity index (χ2n) is 8.25. The zero-order valence-corrected chi connectivity index (χ0v) is 25.4. The number of methoxy groups -OCH3 is 2. The van der Waals surface area contributed by atoms with E-state index in [9.17, 15) is 31.1 Å². The van der Waals surface area contributed by atoms with Crippen molar-refractivity contribution in [1.29, 1.82) is 0 Å². The van der Waals surface area contributed by atoms with Gasteiger partial charge >= 0.3 is 18.3 Å². The van der Waals surface area contributed by atoms with Crippen LogP contribution < -0.4 is 4.74 Å². The Morgan fingerprint density at radius 3 is 1.87 bits per heavy atom. The molecule has 5 aromatic rings. The number of hydrogen-bond donors (Lipinski definition) is 0. The molecule has 236 valence electrons. The average molecular weight is 741 g/mol. The van der Waals surface area contributed by atoms with Crippen molar-refractivity contribution < 1.29 is 40.6 Å². The summed E-state index contributed by atoms with van der Waals surface area (Å²) in [5.41, 5.74) is -1.53. The maximum Gasteiger partial charge on any atom is 0.435 e. The molecular weight excluding hydrogens is 727 g/mol. The minimum Gasteiger partial charge on any atom is -0.480 e. The van der Waals surface area contributed by atoms with Crippen molar-refractivity contribution in [2.75, 3.05) is 14.2 Å². The first kappa shape index (κ1) is 33.5. The topological polar surface area (TPSA) is 136 Å². The van der Waals surface area contributed by atoms with Gasteiger partial charge in [0.2, 0.25) is 16.4 Å². The molecule has 0 atom stereocenters. The summed E-state index contributed by atoms with van der Waals surface area (Å²) >= 11 is 14.5. The highest BCUT2D eigenvalue weighted by Crippen LogP contribution is 2.32. The van der Waals surface area contributed by atoms with Crippen LogP contribution in [-0.2, 0) is 17.1 Å². The van der Waals surface area contributed by atoms with E-state index >= 15 is 0 Å². The SMILES string of the molecule is COC(=O)c1cc(-c2cnc(Cl)nc2-n2ccc(C(F)(F)F)n2)cnc1OC.FC(F)(F)c1ccn(-c2nc(Cl)ncc2Br)n1. The number of hydrogen-bond acceptors (Lipinski definition) is 10. The lowest BCUT2D eigenvalue weighted by Gasteiger charge is -2.11. The number of esters is 1. The zero-order valence-electron chi connectivity index (χ0n) is 22.3. The third-order valence-electron chi connectivity index (χ3n) is 5.39. The molecule has 0 saturated heterocycles. The average Bonchev–Trinajstić information content (AvgIpc) is 3.69. The molecule has 0 spiro atoms. The van der Waals surface area contributed by atoms with E-state index in [4.69, 9.17) is 32.7 Å². The summed E-state index contributed by atoms with van der Waals surface area (Å²) in [5, 5.41) is 6.59. The van der Waals surface area contributed by atoms with Crippen molar-refractivity contribution in [2.45, 2.75) is 12.4 Å². The number of carbonyl (C=O) groups excluding carboxylic acids is 1. The number of nitrogens with zero attached hydrogens (tertiary/aromatic N) is 9. The molecular formula is C24H14BrCl2F6N9O3. The predicted molar refractivity (Wildman–Crippen MR) is 147 cm³/mol. The molecule has 5 rings (SSSR count). The Bertz CT molecular complexity index is 1850. The molecule has 0 amide bonds. The van der Waals surface area contributed by atoms with Crippen LogP contribution in [0, 0.1) is 0 Å². The van der Waals surface area contributed by atoms with E-state index in [1.54, 1.807) is 0 Å². The summed E-state index contributed by atoms with van der Waals surface area (Å²) in [4.78, 5) is 31.2. The molecule has 5 aromatic heterocycles. The van der Waals surface area contributed by atoms with Crippen LogP contribution in [0.25, 0.3) is 22.8 Å². The standard InChI is InChI=1S/C16H11ClF3N5O3.C8H3BrClF3N4/c1-27-13-9(14(26)28-2)5-8(6-21-13)10-7-22-15(17)23-12(10)25-4-3-11(24-25)16(18,19)20;9-4-3-14-7(10)15-6(4)17-2-1-5(16-17)8(11,12)13/h3-7H,1-2H3;1-3H. The van der Waals surface area contributed by atoms with Gasteiger partial charge < -0.3 is 9.47 Å². The zero-order chi connectivity index (χ0) is 33.1. The predicted octanol–water partition coefficient (Wildman–Crippen LogP) is 6.29. The van der Waals surface area contributed by atoms with Gasteiger partial charge in [0, 0.05) is 42.1 Å². The molecule has 0 aliphatic heterocycles. The van der Waals surface area contributed by atoms with Crippen LogP contribution in [0.2, 0.25) is 10.6 Å². The van der Waals surface area contributed by atoms with Gasteiger partial charge in [-0.3, -0.25) is 0 Å². The number of pyridine rings is 1. The van der Waals surface area contributed by atoms with E-state index in [0.29, 0.717) is 10.0 Å². The molecule has 0 saturated carbocycles. The van der Waals surface area contributed by atoms with Crippen LogP contribution >= 0.6 is 39.1 Å². The summed E-state index contributed by atoms with van der Waals surface area (Å²) in [6, 6.07) is 3.04. The van der Waals surface area contributed by atoms with E-state index in [1.807, 2.05) is 0 Å². The first-order valence-corrected chi connectivity index (χ1v) is 13.3. The van der Waals surface area contributed by atoms with Crippen LogP contribution in [0.5, 0.6) is 5.88 Å². The number of carbonyl (C=O) groups is 1. The van der Waals surface area contributed by atoms with Gasteiger partial charge in [0.15, 0.2) is 23.0 Å². The molecule has 45 heavy (non-hydrogen) atoms. The van der Waals surface area contributed by atoms with Gasteiger partial charge in [0.25, 0.3) is 0 Å². The Labute approximate surface area is 266 Å². The smallest absolute Gasteiger partial charge is 0.435 e. The highest BCUT2D eigenvalue weighted by molar-refractivity contribution is 9.10. The number of aromatic nitrogens is 9. The molecule has 12 nitrogen and oxygen atoms in total. The molecule has 0 fully saturated rings. The lowest BCUT2D eigenvalue weighted by molar-refractivity contribution is -0.142. The number of halogens is 9. The maximum atomic E-state index is 12.9. The summed E-state index contributed by atoms with van der Waals surface area (Å²) in [6.07, 6.45) is -2.93. The van der Waals surface area contributed by atoms with Gasteiger partial charge in [-0.2, -0.15) is 46.5 Å². The molecule has 0 aromatic carbocycles. The van der Waals surface area contributed by atoms with Crippen molar-refractivity contribution in [3.8, 4) is 28.6 Å². The molecule has 0 N–H and O–H groups in total. The van der Waals surface area contributed by atoms with Gasteiger partial charge in [0.1, 0.15) is 5.56 Å². The highest BCUT2D eigenvalue weighted by atomic mass is 79.9. The Morgan fingerprint density at radius 2 is 1.36 bits per heavy atom. The van der Waals surface area contributed by atoms with E-state index in [2.05, 4.69) is 51.0 Å². The molecule has 0 aliphatic rings. The first-order valence-electron chi connectivity index (χ1n) is 11.7. The van der Waals surface area contributed by atoms with Crippen molar-refractivity contribution in [2.24, 2.45) is 0 Å². The summed E-state index contributed by atoms with van der Waals surface area (Å²) in [6.45, 7) is 0. The second kappa shape index (κ2) is 13.3. The monoisotopic (exact) mass is 739 g/mol. The molecule has 5 heterocycles. The quantitative estimate of drug-likeness (QED) is 0.115. The van der Waals surface area contributed by atoms with Crippen LogP contribution in [0.4, 0.5) is 26.3 Å². The Balaban J connectivity index is 0.000000231. The van der Waals surface area contributed by atoms with Crippen LogP contribution in [0.3, 0.4) is 0 Å². The largest absolute Gasteiger partial charge is 0.480 e. The van der Waals surface area contributed by atoms with E-state index in [0.717, 1.165) is 33.9 Å². The van der Waals surface area contributed by atoms with Crippen LogP contribution in [0.15, 0.2) is 53.7 Å². The fourth-order valence-corrected chi connectivity index (χ4v) is 4.06.